The van der Waals surface area contributed by atoms with Crippen molar-refractivity contribution in [2.45, 2.75) is 24.5 Å². The summed E-state index contributed by atoms with van der Waals surface area (Å²) in [6.07, 6.45) is 5.33. The second-order valence-corrected chi connectivity index (χ2v) is 4.23. The number of rotatable bonds is 3. The molecule has 0 bridgehead atoms. The fraction of sp³-hybridized carbons (Fsp3) is 0.667. The Morgan fingerprint density at radius 3 is 3.08 bits per heavy atom. The van der Waals surface area contributed by atoms with Crippen LogP contribution in [0.4, 0.5) is 0 Å². The number of nitrogens with zero attached hydrogens (tertiary/aromatic N) is 1. The zero-order chi connectivity index (χ0) is 8.81. The predicted octanol–water partition coefficient (Wildman–Crippen LogP) is 2.16. The van der Waals surface area contributed by atoms with E-state index in [-0.39, 0.29) is 0 Å². The summed E-state index contributed by atoms with van der Waals surface area (Å²) in [6, 6.07) is 0. The number of isocyanates is 1. The Morgan fingerprint density at radius 2 is 2.50 bits per heavy atom. The Bertz CT molecular complexity index is 203. The maximum absolute atomic E-state index is 9.85. The number of hydrogen-bond acceptors (Lipinski definition) is 3. The van der Waals surface area contributed by atoms with Crippen LogP contribution in [-0.4, -0.2) is 23.6 Å². The summed E-state index contributed by atoms with van der Waals surface area (Å²) >= 11 is 1.93. The summed E-state index contributed by atoms with van der Waals surface area (Å²) in [7, 11) is 0. The number of hydrogen-bond donors (Lipinski definition) is 0. The maximum Gasteiger partial charge on any atom is 0.235 e. The first-order valence-electron chi connectivity index (χ1n) is 4.17. The minimum absolute atomic E-state index is 0.459. The molecule has 0 amide bonds. The highest BCUT2D eigenvalue weighted by Gasteiger charge is 2.16. The van der Waals surface area contributed by atoms with Crippen LogP contribution in [0.15, 0.2) is 17.1 Å². The van der Waals surface area contributed by atoms with Gasteiger partial charge in [0.1, 0.15) is 0 Å². The van der Waals surface area contributed by atoms with Crippen molar-refractivity contribution >= 4 is 17.8 Å². The van der Waals surface area contributed by atoms with Gasteiger partial charge in [-0.3, -0.25) is 0 Å². The topological polar surface area (TPSA) is 29.4 Å². The SMILES string of the molecule is C=C(CN=C=O)C1CCCCS1. The summed E-state index contributed by atoms with van der Waals surface area (Å²) in [4.78, 5) is 13.4. The Hall–Kier alpha value is -0.530. The predicted molar refractivity (Wildman–Crippen MR) is 52.2 cm³/mol. The highest BCUT2D eigenvalue weighted by atomic mass is 32.2. The molecule has 0 radical (unpaired) electrons. The van der Waals surface area contributed by atoms with Crippen molar-refractivity contribution in [1.29, 1.82) is 0 Å². The zero-order valence-electron chi connectivity index (χ0n) is 7.08. The lowest BCUT2D eigenvalue weighted by Crippen LogP contribution is -2.13. The first kappa shape index (κ1) is 9.56. The van der Waals surface area contributed by atoms with E-state index >= 15 is 0 Å². The lowest BCUT2D eigenvalue weighted by Gasteiger charge is -2.21. The van der Waals surface area contributed by atoms with Crippen molar-refractivity contribution in [1.82, 2.24) is 0 Å². The summed E-state index contributed by atoms with van der Waals surface area (Å²) in [5.41, 5.74) is 1.07. The van der Waals surface area contributed by atoms with Gasteiger partial charge >= 0.3 is 0 Å². The summed E-state index contributed by atoms with van der Waals surface area (Å²) in [5.74, 6) is 1.22. The lowest BCUT2D eigenvalue weighted by atomic mass is 10.1. The summed E-state index contributed by atoms with van der Waals surface area (Å²) in [6.45, 7) is 4.38. The van der Waals surface area contributed by atoms with Crippen molar-refractivity contribution in [3.63, 3.8) is 0 Å². The molecule has 1 aliphatic heterocycles. The third-order valence-electron chi connectivity index (χ3n) is 1.98. The van der Waals surface area contributed by atoms with Gasteiger partial charge in [-0.15, -0.1) is 0 Å². The second kappa shape index (κ2) is 5.18. The van der Waals surface area contributed by atoms with Crippen LogP contribution in [0.1, 0.15) is 19.3 Å². The highest BCUT2D eigenvalue weighted by Crippen LogP contribution is 2.29. The fourth-order valence-electron chi connectivity index (χ4n) is 1.30. The molecule has 1 rings (SSSR count). The van der Waals surface area contributed by atoms with Crippen LogP contribution in [-0.2, 0) is 4.79 Å². The largest absolute Gasteiger partial charge is 0.235 e. The van der Waals surface area contributed by atoms with Gasteiger partial charge in [0.15, 0.2) is 0 Å². The van der Waals surface area contributed by atoms with Crippen molar-refractivity contribution in [3.8, 4) is 0 Å². The van der Waals surface area contributed by atoms with Gasteiger partial charge in [0.2, 0.25) is 6.08 Å². The molecule has 1 aliphatic rings. The molecule has 2 nitrogen and oxygen atoms in total. The van der Waals surface area contributed by atoms with Crippen LogP contribution >= 0.6 is 11.8 Å². The van der Waals surface area contributed by atoms with Gasteiger partial charge in [0, 0.05) is 5.25 Å². The molecule has 0 aromatic heterocycles. The van der Waals surface area contributed by atoms with Gasteiger partial charge in [-0.1, -0.05) is 13.0 Å². The highest BCUT2D eigenvalue weighted by molar-refractivity contribution is 8.00. The molecule has 0 aromatic rings. The number of thioether (sulfide) groups is 1. The van der Waals surface area contributed by atoms with E-state index in [9.17, 15) is 4.79 Å². The molecular formula is C9H13NOS. The molecule has 66 valence electrons. The summed E-state index contributed by atoms with van der Waals surface area (Å²) < 4.78 is 0. The van der Waals surface area contributed by atoms with E-state index in [2.05, 4.69) is 11.6 Å². The molecule has 1 saturated heterocycles. The van der Waals surface area contributed by atoms with Crippen LogP contribution in [0.3, 0.4) is 0 Å². The molecule has 3 heteroatoms. The molecule has 12 heavy (non-hydrogen) atoms. The second-order valence-electron chi connectivity index (χ2n) is 2.92. The molecule has 1 atom stereocenters. The van der Waals surface area contributed by atoms with Gasteiger partial charge in [-0.25, -0.2) is 9.79 Å². The molecule has 1 unspecified atom stereocenters. The first-order chi connectivity index (χ1) is 5.84. The number of aliphatic imine (C=N–C) groups is 1. The third-order valence-corrected chi connectivity index (χ3v) is 3.48. The lowest BCUT2D eigenvalue weighted by molar-refractivity contribution is 0.563. The van der Waals surface area contributed by atoms with Crippen LogP contribution in [0.25, 0.3) is 0 Å². The molecule has 0 N–H and O–H groups in total. The average Bonchev–Trinajstić information content (AvgIpc) is 2.15. The van der Waals surface area contributed by atoms with Crippen molar-refractivity contribution < 1.29 is 4.79 Å². The Kier molecular flexibility index (Phi) is 4.12. The van der Waals surface area contributed by atoms with E-state index in [1.54, 1.807) is 6.08 Å². The molecule has 1 fully saturated rings. The van der Waals surface area contributed by atoms with E-state index in [0.29, 0.717) is 11.8 Å². The van der Waals surface area contributed by atoms with E-state index in [0.717, 1.165) is 5.57 Å². The number of carbonyl (C=O) groups excluding carboxylic acids is 1. The van der Waals surface area contributed by atoms with Crippen LogP contribution in [0.5, 0.6) is 0 Å². The normalized spacial score (nSPS) is 22.8. The molecular weight excluding hydrogens is 170 g/mol. The minimum Gasteiger partial charge on any atom is -0.211 e. The third kappa shape index (κ3) is 2.84. The average molecular weight is 183 g/mol. The molecule has 0 saturated carbocycles. The van der Waals surface area contributed by atoms with Gasteiger partial charge in [-0.05, 0) is 24.2 Å². The minimum atomic E-state index is 0.459. The maximum atomic E-state index is 9.85. The van der Waals surface area contributed by atoms with E-state index < -0.39 is 0 Å². The Morgan fingerprint density at radius 1 is 1.67 bits per heavy atom. The molecule has 0 aromatic carbocycles. The zero-order valence-corrected chi connectivity index (χ0v) is 7.90. The molecule has 0 aliphatic carbocycles. The standard InChI is InChI=1S/C9H13NOS/c1-8(6-10-7-11)9-4-2-3-5-12-9/h9H,1-6H2. The summed E-state index contributed by atoms with van der Waals surface area (Å²) in [5, 5.41) is 0.524. The van der Waals surface area contributed by atoms with Crippen LogP contribution in [0, 0.1) is 0 Å². The van der Waals surface area contributed by atoms with Crippen molar-refractivity contribution in [2.24, 2.45) is 4.99 Å². The quantitative estimate of drug-likeness (QED) is 0.381. The van der Waals surface area contributed by atoms with E-state index in [1.165, 1.54) is 25.0 Å². The fourth-order valence-corrected chi connectivity index (χ4v) is 2.60. The first-order valence-corrected chi connectivity index (χ1v) is 5.22. The van der Waals surface area contributed by atoms with E-state index in [4.69, 9.17) is 0 Å². The smallest absolute Gasteiger partial charge is 0.211 e. The van der Waals surface area contributed by atoms with Gasteiger partial charge in [0.05, 0.1) is 6.54 Å². The Labute approximate surface area is 77.1 Å². The Balaban J connectivity index is 2.34. The van der Waals surface area contributed by atoms with Crippen molar-refractivity contribution in [2.75, 3.05) is 12.3 Å². The van der Waals surface area contributed by atoms with Gasteiger partial charge in [0.25, 0.3) is 0 Å². The van der Waals surface area contributed by atoms with Crippen molar-refractivity contribution in [3.05, 3.63) is 12.2 Å². The van der Waals surface area contributed by atoms with Gasteiger partial charge < -0.3 is 0 Å². The monoisotopic (exact) mass is 183 g/mol. The molecule has 1 heterocycles. The van der Waals surface area contributed by atoms with Crippen LogP contribution < -0.4 is 0 Å². The van der Waals surface area contributed by atoms with E-state index in [1.807, 2.05) is 11.8 Å². The molecule has 0 spiro atoms. The van der Waals surface area contributed by atoms with Crippen LogP contribution in [0.2, 0.25) is 0 Å². The van der Waals surface area contributed by atoms with Gasteiger partial charge in [-0.2, -0.15) is 11.8 Å².